The fourth-order valence-electron chi connectivity index (χ4n) is 4.08. The number of hydrogen-bond acceptors (Lipinski definition) is 6. The van der Waals surface area contributed by atoms with Gasteiger partial charge in [-0.2, -0.15) is 4.31 Å². The lowest BCUT2D eigenvalue weighted by Crippen LogP contribution is -2.50. The average molecular weight is 521 g/mol. The van der Waals surface area contributed by atoms with Crippen molar-refractivity contribution in [3.8, 4) is 0 Å². The van der Waals surface area contributed by atoms with Gasteiger partial charge in [0, 0.05) is 36.1 Å². The number of amides is 1. The van der Waals surface area contributed by atoms with Crippen molar-refractivity contribution in [3.63, 3.8) is 0 Å². The van der Waals surface area contributed by atoms with E-state index in [4.69, 9.17) is 11.6 Å². The molecule has 1 aromatic heterocycles. The van der Waals surface area contributed by atoms with Crippen LogP contribution < -0.4 is 0 Å². The van der Waals surface area contributed by atoms with E-state index in [2.05, 4.69) is 9.88 Å². The molecule has 1 saturated heterocycles. The highest BCUT2D eigenvalue weighted by Crippen LogP contribution is 2.26. The van der Waals surface area contributed by atoms with Crippen molar-refractivity contribution in [2.24, 2.45) is 0 Å². The number of rotatable bonds is 7. The monoisotopic (exact) mass is 520 g/mol. The van der Waals surface area contributed by atoms with Gasteiger partial charge in [-0.25, -0.2) is 13.4 Å². The highest BCUT2D eigenvalue weighted by atomic mass is 35.5. The highest BCUT2D eigenvalue weighted by molar-refractivity contribution is 7.89. The van der Waals surface area contributed by atoms with Crippen LogP contribution in [0.2, 0.25) is 5.02 Å². The number of carbonyl (C=O) groups excluding carboxylic acids is 1. The van der Waals surface area contributed by atoms with E-state index in [1.54, 1.807) is 29.2 Å². The van der Waals surface area contributed by atoms with Gasteiger partial charge in [-0.05, 0) is 75.4 Å². The lowest BCUT2D eigenvalue weighted by Gasteiger charge is -2.33. The molecule has 1 aliphatic heterocycles. The number of halogens is 1. The smallest absolute Gasteiger partial charge is 0.282 e. The number of hydrogen-bond donors (Lipinski definition) is 0. The molecular weight excluding hydrogens is 492 g/mol. The van der Waals surface area contributed by atoms with Crippen molar-refractivity contribution < 1.29 is 13.2 Å². The maximum atomic E-state index is 13.2. The summed E-state index contributed by atoms with van der Waals surface area (Å²) < 4.78 is 27.9. The molecule has 182 valence electrons. The van der Waals surface area contributed by atoms with Gasteiger partial charge >= 0.3 is 0 Å². The Kier molecular flexibility index (Phi) is 7.59. The summed E-state index contributed by atoms with van der Waals surface area (Å²) in [6, 6.07) is 10.4. The van der Waals surface area contributed by atoms with Crippen molar-refractivity contribution in [2.45, 2.75) is 24.7 Å². The Morgan fingerprint density at radius 3 is 2.47 bits per heavy atom. The molecule has 1 fully saturated rings. The molecule has 0 N–H and O–H groups in total. The fraction of sp³-hybridized carbons (Fsp3) is 0.417. The standard InChI is InChI=1S/C24H29ClN4O3S2/c1-17-22(5-4-10-27(2)3)33-23(26-17)24(30)28-11-13-29(14-12-28)34(31,32)21-9-7-18-15-20(25)8-6-19(18)16-21/h6-9,15-16H,4-5,10-14H2,1-3H3. The highest BCUT2D eigenvalue weighted by Gasteiger charge is 2.31. The molecule has 0 saturated carbocycles. The number of sulfonamides is 1. The first-order chi connectivity index (χ1) is 16.1. The third-order valence-corrected chi connectivity index (χ3v) is 9.36. The SMILES string of the molecule is Cc1nc(C(=O)N2CCN(S(=O)(=O)c3ccc4cc(Cl)ccc4c3)CC2)sc1CCCN(C)C. The second kappa shape index (κ2) is 10.3. The molecule has 7 nitrogen and oxygen atoms in total. The Morgan fingerprint density at radius 1 is 1.09 bits per heavy atom. The molecule has 0 unspecified atom stereocenters. The fourth-order valence-corrected chi connectivity index (χ4v) is 6.79. The van der Waals surface area contributed by atoms with Crippen molar-refractivity contribution in [1.82, 2.24) is 19.1 Å². The summed E-state index contributed by atoms with van der Waals surface area (Å²) in [6.07, 6.45) is 1.92. The molecular formula is C24H29ClN4O3S2. The molecule has 0 bridgehead atoms. The molecule has 34 heavy (non-hydrogen) atoms. The lowest BCUT2D eigenvalue weighted by atomic mass is 10.1. The molecule has 3 aromatic rings. The van der Waals surface area contributed by atoms with Crippen molar-refractivity contribution >= 4 is 49.6 Å². The summed E-state index contributed by atoms with van der Waals surface area (Å²) >= 11 is 7.49. The normalized spacial score (nSPS) is 15.4. The van der Waals surface area contributed by atoms with Gasteiger partial charge in [0.2, 0.25) is 10.0 Å². The van der Waals surface area contributed by atoms with Crippen molar-refractivity contribution in [3.05, 3.63) is 57.0 Å². The maximum Gasteiger partial charge on any atom is 0.282 e. The van der Waals surface area contributed by atoms with E-state index in [0.29, 0.717) is 23.1 Å². The van der Waals surface area contributed by atoms with E-state index < -0.39 is 10.0 Å². The third kappa shape index (κ3) is 5.44. The molecule has 0 radical (unpaired) electrons. The van der Waals surface area contributed by atoms with E-state index in [0.717, 1.165) is 40.7 Å². The Balaban J connectivity index is 1.41. The topological polar surface area (TPSA) is 73.8 Å². The number of aryl methyl sites for hydroxylation is 2. The summed E-state index contributed by atoms with van der Waals surface area (Å²) in [7, 11) is 0.440. The van der Waals surface area contributed by atoms with Crippen LogP contribution in [0.1, 0.15) is 26.8 Å². The summed E-state index contributed by atoms with van der Waals surface area (Å²) in [5, 5.41) is 2.81. The minimum absolute atomic E-state index is 0.119. The lowest BCUT2D eigenvalue weighted by molar-refractivity contribution is 0.0697. The Bertz CT molecular complexity index is 1300. The molecule has 2 aromatic carbocycles. The number of fused-ring (bicyclic) bond motifs is 1. The van der Waals surface area contributed by atoms with Crippen LogP contribution in [0.5, 0.6) is 0 Å². The largest absolute Gasteiger partial charge is 0.334 e. The zero-order chi connectivity index (χ0) is 24.5. The van der Waals surface area contributed by atoms with Crippen LogP contribution in [0.3, 0.4) is 0 Å². The van der Waals surface area contributed by atoms with Crippen LogP contribution in [-0.2, 0) is 16.4 Å². The zero-order valence-corrected chi connectivity index (χ0v) is 22.0. The van der Waals surface area contributed by atoms with Gasteiger partial charge in [0.1, 0.15) is 0 Å². The van der Waals surface area contributed by atoms with Crippen molar-refractivity contribution in [2.75, 3.05) is 46.8 Å². The van der Waals surface area contributed by atoms with Gasteiger partial charge in [-0.3, -0.25) is 4.79 Å². The summed E-state index contributed by atoms with van der Waals surface area (Å²) in [6.45, 7) is 4.13. The molecule has 1 aliphatic rings. The molecule has 4 rings (SSSR count). The number of piperazine rings is 1. The van der Waals surface area contributed by atoms with Gasteiger partial charge in [0.25, 0.3) is 5.91 Å². The van der Waals surface area contributed by atoms with E-state index >= 15 is 0 Å². The third-order valence-electron chi connectivity index (χ3n) is 6.02. The maximum absolute atomic E-state index is 13.2. The van der Waals surface area contributed by atoms with Crippen LogP contribution in [0, 0.1) is 6.92 Å². The van der Waals surface area contributed by atoms with Crippen molar-refractivity contribution in [1.29, 1.82) is 0 Å². The Morgan fingerprint density at radius 2 is 1.76 bits per heavy atom. The average Bonchev–Trinajstić information content (AvgIpc) is 3.18. The summed E-state index contributed by atoms with van der Waals surface area (Å²) in [5.74, 6) is -0.119. The predicted molar refractivity (Wildman–Crippen MR) is 137 cm³/mol. The first kappa shape index (κ1) is 25.1. The zero-order valence-electron chi connectivity index (χ0n) is 19.6. The van der Waals surface area contributed by atoms with E-state index in [1.165, 1.54) is 15.6 Å². The van der Waals surface area contributed by atoms with Gasteiger partial charge in [-0.1, -0.05) is 23.7 Å². The molecule has 0 atom stereocenters. The summed E-state index contributed by atoms with van der Waals surface area (Å²) in [5.41, 5.74) is 0.908. The van der Waals surface area contributed by atoms with Crippen LogP contribution in [0.15, 0.2) is 41.3 Å². The van der Waals surface area contributed by atoms with Gasteiger partial charge in [0.05, 0.1) is 10.6 Å². The number of thiazole rings is 1. The van der Waals surface area contributed by atoms with Crippen LogP contribution >= 0.6 is 22.9 Å². The molecule has 1 amide bonds. The van der Waals surface area contributed by atoms with Gasteiger partial charge < -0.3 is 9.80 Å². The first-order valence-corrected chi connectivity index (χ1v) is 13.9. The second-order valence-corrected chi connectivity index (χ2v) is 12.2. The minimum atomic E-state index is -3.65. The van der Waals surface area contributed by atoms with Crippen LogP contribution in [0.4, 0.5) is 0 Å². The number of nitrogens with zero attached hydrogens (tertiary/aromatic N) is 4. The second-order valence-electron chi connectivity index (χ2n) is 8.78. The van der Waals surface area contributed by atoms with Gasteiger partial charge in [-0.15, -0.1) is 11.3 Å². The van der Waals surface area contributed by atoms with Crippen LogP contribution in [0.25, 0.3) is 10.8 Å². The predicted octanol–water partition coefficient (Wildman–Crippen LogP) is 3.90. The molecule has 2 heterocycles. The number of carbonyl (C=O) groups is 1. The molecule has 10 heteroatoms. The van der Waals surface area contributed by atoms with E-state index in [9.17, 15) is 13.2 Å². The molecule has 0 spiro atoms. The molecule has 0 aliphatic carbocycles. The first-order valence-electron chi connectivity index (χ1n) is 11.2. The number of aromatic nitrogens is 1. The number of benzene rings is 2. The van der Waals surface area contributed by atoms with E-state index in [-0.39, 0.29) is 23.9 Å². The van der Waals surface area contributed by atoms with Gasteiger partial charge in [0.15, 0.2) is 5.01 Å². The van der Waals surface area contributed by atoms with Crippen LogP contribution in [-0.4, -0.2) is 80.2 Å². The Hall–Kier alpha value is -2.04. The quantitative estimate of drug-likeness (QED) is 0.472. The Labute approximate surface area is 210 Å². The van der Waals surface area contributed by atoms with E-state index in [1.807, 2.05) is 33.2 Å². The minimum Gasteiger partial charge on any atom is -0.334 e. The summed E-state index contributed by atoms with van der Waals surface area (Å²) in [4.78, 5) is 22.8.